The molecular weight excluding hydrogens is 372 g/mol. The van der Waals surface area contributed by atoms with Gasteiger partial charge in [-0.1, -0.05) is 24.3 Å². The Balaban J connectivity index is 1.89. The van der Waals surface area contributed by atoms with Crippen LogP contribution in [0.2, 0.25) is 0 Å². The second kappa shape index (κ2) is 8.80. The Bertz CT molecular complexity index is 992. The van der Waals surface area contributed by atoms with E-state index >= 15 is 0 Å². The zero-order valence-corrected chi connectivity index (χ0v) is 16.0. The number of amides is 3. The molecule has 0 radical (unpaired) electrons. The van der Waals surface area contributed by atoms with Crippen molar-refractivity contribution in [2.45, 2.75) is 13.0 Å². The number of nitriles is 1. The van der Waals surface area contributed by atoms with E-state index in [0.717, 1.165) is 0 Å². The topological polar surface area (TPSA) is 112 Å². The van der Waals surface area contributed by atoms with Crippen LogP contribution in [0, 0.1) is 11.3 Å². The predicted molar refractivity (Wildman–Crippen MR) is 106 cm³/mol. The van der Waals surface area contributed by atoms with Crippen LogP contribution in [-0.4, -0.2) is 25.7 Å². The lowest BCUT2D eigenvalue weighted by molar-refractivity contribution is -0.113. The molecule has 0 aliphatic carbocycles. The lowest BCUT2D eigenvalue weighted by Gasteiger charge is -2.29. The number of hydrogen-bond donors (Lipinski definition) is 3. The molecular formula is C21H20N4O4. The van der Waals surface area contributed by atoms with E-state index in [-0.39, 0.29) is 12.5 Å². The second-order valence-electron chi connectivity index (χ2n) is 6.24. The van der Waals surface area contributed by atoms with E-state index in [9.17, 15) is 9.59 Å². The number of methoxy groups -OCH3 is 1. The summed E-state index contributed by atoms with van der Waals surface area (Å²) in [6.45, 7) is 1.61. The van der Waals surface area contributed by atoms with Gasteiger partial charge in [0.25, 0.3) is 5.91 Å². The maximum absolute atomic E-state index is 13.1. The van der Waals surface area contributed by atoms with Crippen molar-refractivity contribution >= 4 is 17.6 Å². The molecule has 0 aromatic heterocycles. The molecule has 2 aromatic rings. The standard InChI is InChI=1S/C21H20N4O4/c1-13-18(20(26)24-16-5-3-4-6-17(16)28-2)19(25-21(27)23-13)14-7-9-15(10-8-14)29-12-11-22/h3-10,19H,12H2,1-2H3,(H,24,26)(H2,23,25,27)/t19-/m1/s1. The van der Waals surface area contributed by atoms with Gasteiger partial charge in [0.2, 0.25) is 0 Å². The van der Waals surface area contributed by atoms with Gasteiger partial charge < -0.3 is 25.4 Å². The molecule has 148 valence electrons. The average molecular weight is 392 g/mol. The maximum Gasteiger partial charge on any atom is 0.319 e. The summed E-state index contributed by atoms with van der Waals surface area (Å²) < 4.78 is 10.5. The molecule has 1 aliphatic rings. The number of allylic oxidation sites excluding steroid dienone is 1. The second-order valence-corrected chi connectivity index (χ2v) is 6.24. The summed E-state index contributed by atoms with van der Waals surface area (Å²) in [5.41, 5.74) is 2.06. The van der Waals surface area contributed by atoms with E-state index < -0.39 is 12.1 Å². The van der Waals surface area contributed by atoms with Crippen LogP contribution < -0.4 is 25.4 Å². The molecule has 0 spiro atoms. The fraction of sp³-hybridized carbons (Fsp3) is 0.190. The van der Waals surface area contributed by atoms with Crippen LogP contribution >= 0.6 is 0 Å². The lowest BCUT2D eigenvalue weighted by atomic mass is 9.94. The zero-order valence-electron chi connectivity index (χ0n) is 16.0. The van der Waals surface area contributed by atoms with Crippen molar-refractivity contribution in [3.63, 3.8) is 0 Å². The molecule has 3 rings (SSSR count). The number of benzene rings is 2. The molecule has 2 aromatic carbocycles. The Morgan fingerprint density at radius 2 is 1.93 bits per heavy atom. The Labute approximate surface area is 168 Å². The summed E-state index contributed by atoms with van der Waals surface area (Å²) >= 11 is 0. The summed E-state index contributed by atoms with van der Waals surface area (Å²) in [6.07, 6.45) is 0. The number of carbonyl (C=O) groups excluding carboxylic acids is 2. The average Bonchev–Trinajstić information content (AvgIpc) is 2.72. The van der Waals surface area contributed by atoms with Crippen molar-refractivity contribution in [3.8, 4) is 17.6 Å². The SMILES string of the molecule is COc1ccccc1NC(=O)C1=C(C)NC(=O)N[C@@H]1c1ccc(OCC#N)cc1. The fourth-order valence-corrected chi connectivity index (χ4v) is 3.05. The first-order valence-electron chi connectivity index (χ1n) is 8.86. The molecule has 3 amide bonds. The summed E-state index contributed by atoms with van der Waals surface area (Å²) in [7, 11) is 1.52. The minimum absolute atomic E-state index is 0.0605. The van der Waals surface area contributed by atoms with E-state index in [4.69, 9.17) is 14.7 Å². The smallest absolute Gasteiger partial charge is 0.319 e. The van der Waals surface area contributed by atoms with E-state index in [0.29, 0.717) is 34.0 Å². The number of carbonyl (C=O) groups is 2. The zero-order chi connectivity index (χ0) is 20.8. The van der Waals surface area contributed by atoms with Crippen molar-refractivity contribution in [3.05, 3.63) is 65.4 Å². The highest BCUT2D eigenvalue weighted by Gasteiger charge is 2.31. The summed E-state index contributed by atoms with van der Waals surface area (Å²) in [5.74, 6) is 0.688. The molecule has 0 saturated carbocycles. The van der Waals surface area contributed by atoms with Gasteiger partial charge in [0, 0.05) is 5.70 Å². The fourth-order valence-electron chi connectivity index (χ4n) is 3.05. The van der Waals surface area contributed by atoms with Crippen molar-refractivity contribution in [2.24, 2.45) is 0 Å². The third kappa shape index (κ3) is 4.47. The minimum Gasteiger partial charge on any atom is -0.495 e. The Morgan fingerprint density at radius 3 is 2.62 bits per heavy atom. The largest absolute Gasteiger partial charge is 0.495 e. The first-order chi connectivity index (χ1) is 14.0. The summed E-state index contributed by atoms with van der Waals surface area (Å²) in [5, 5.41) is 16.9. The van der Waals surface area contributed by atoms with Gasteiger partial charge in [-0.05, 0) is 36.8 Å². The van der Waals surface area contributed by atoms with Gasteiger partial charge >= 0.3 is 6.03 Å². The van der Waals surface area contributed by atoms with Crippen LogP contribution in [0.1, 0.15) is 18.5 Å². The number of ether oxygens (including phenoxy) is 2. The van der Waals surface area contributed by atoms with Crippen LogP contribution in [0.25, 0.3) is 0 Å². The van der Waals surface area contributed by atoms with Crippen molar-refractivity contribution in [2.75, 3.05) is 19.0 Å². The molecule has 8 heteroatoms. The van der Waals surface area contributed by atoms with E-state index in [2.05, 4.69) is 16.0 Å². The number of hydrogen-bond acceptors (Lipinski definition) is 5. The van der Waals surface area contributed by atoms with Gasteiger partial charge in [0.1, 0.15) is 17.6 Å². The Hall–Kier alpha value is -3.99. The number of nitrogens with zero attached hydrogens (tertiary/aromatic N) is 1. The van der Waals surface area contributed by atoms with E-state index in [1.807, 2.05) is 6.07 Å². The van der Waals surface area contributed by atoms with Crippen LogP contribution in [-0.2, 0) is 4.79 Å². The van der Waals surface area contributed by atoms with Gasteiger partial charge in [-0.25, -0.2) is 4.79 Å². The van der Waals surface area contributed by atoms with Gasteiger partial charge in [0.15, 0.2) is 6.61 Å². The van der Waals surface area contributed by atoms with Crippen molar-refractivity contribution in [1.82, 2.24) is 10.6 Å². The monoisotopic (exact) mass is 392 g/mol. The molecule has 3 N–H and O–H groups in total. The summed E-state index contributed by atoms with van der Waals surface area (Å²) in [4.78, 5) is 25.1. The van der Waals surface area contributed by atoms with Gasteiger partial charge in [-0.2, -0.15) is 5.26 Å². The molecule has 0 unspecified atom stereocenters. The molecule has 0 bridgehead atoms. The van der Waals surface area contributed by atoms with Crippen LogP contribution in [0.3, 0.4) is 0 Å². The first-order valence-corrected chi connectivity index (χ1v) is 8.86. The first kappa shape index (κ1) is 19.8. The number of anilines is 1. The third-order valence-corrected chi connectivity index (χ3v) is 4.39. The quantitative estimate of drug-likeness (QED) is 0.700. The van der Waals surface area contributed by atoms with Gasteiger partial charge in [0.05, 0.1) is 24.4 Å². The van der Waals surface area contributed by atoms with Crippen molar-refractivity contribution < 1.29 is 19.1 Å². The van der Waals surface area contributed by atoms with Crippen LogP contribution in [0.15, 0.2) is 59.8 Å². The molecule has 1 aliphatic heterocycles. The third-order valence-electron chi connectivity index (χ3n) is 4.39. The molecule has 1 heterocycles. The maximum atomic E-state index is 13.1. The van der Waals surface area contributed by atoms with E-state index in [1.54, 1.807) is 55.5 Å². The lowest BCUT2D eigenvalue weighted by Crippen LogP contribution is -2.45. The van der Waals surface area contributed by atoms with Crippen LogP contribution in [0.5, 0.6) is 11.5 Å². The number of para-hydroxylation sites is 2. The molecule has 0 fully saturated rings. The normalized spacial score (nSPS) is 15.6. The Kier molecular flexibility index (Phi) is 6.00. The molecule has 8 nitrogen and oxygen atoms in total. The number of rotatable bonds is 6. The molecule has 0 saturated heterocycles. The molecule has 29 heavy (non-hydrogen) atoms. The summed E-state index contributed by atoms with van der Waals surface area (Å²) in [6, 6.07) is 14.8. The van der Waals surface area contributed by atoms with Gasteiger partial charge in [-0.3, -0.25) is 4.79 Å². The van der Waals surface area contributed by atoms with Crippen LogP contribution in [0.4, 0.5) is 10.5 Å². The minimum atomic E-state index is -0.650. The predicted octanol–water partition coefficient (Wildman–Crippen LogP) is 2.86. The highest BCUT2D eigenvalue weighted by atomic mass is 16.5. The van der Waals surface area contributed by atoms with Gasteiger partial charge in [-0.15, -0.1) is 0 Å². The van der Waals surface area contributed by atoms with E-state index in [1.165, 1.54) is 7.11 Å². The van der Waals surface area contributed by atoms with Crippen molar-refractivity contribution in [1.29, 1.82) is 5.26 Å². The Morgan fingerprint density at radius 1 is 1.21 bits per heavy atom. The highest BCUT2D eigenvalue weighted by Crippen LogP contribution is 2.30. The molecule has 1 atom stereocenters. The highest BCUT2D eigenvalue weighted by molar-refractivity contribution is 6.07. The number of urea groups is 1. The number of nitrogens with one attached hydrogen (secondary N) is 3.